The van der Waals surface area contributed by atoms with Gasteiger partial charge in [0.05, 0.1) is 18.2 Å². The lowest BCUT2D eigenvalue weighted by Gasteiger charge is -2.22. The Kier molecular flexibility index (Phi) is 7.96. The highest BCUT2D eigenvalue weighted by Crippen LogP contribution is 2.44. The Hall–Kier alpha value is -4.54. The summed E-state index contributed by atoms with van der Waals surface area (Å²) < 4.78 is 20.6. The molecule has 1 aliphatic heterocycles. The van der Waals surface area contributed by atoms with Crippen LogP contribution in [0.25, 0.3) is 16.5 Å². The van der Waals surface area contributed by atoms with Crippen LogP contribution in [0.4, 0.5) is 9.52 Å². The Labute approximate surface area is 255 Å². The van der Waals surface area contributed by atoms with Gasteiger partial charge in [-0.1, -0.05) is 89.8 Å². The van der Waals surface area contributed by atoms with Gasteiger partial charge >= 0.3 is 5.91 Å². The zero-order valence-electron chi connectivity index (χ0n) is 23.3. The molecule has 5 aromatic rings. The predicted octanol–water partition coefficient (Wildman–Crippen LogP) is 7.46. The molecule has 1 N–H and O–H groups in total. The molecule has 4 aromatic carbocycles. The van der Waals surface area contributed by atoms with Crippen molar-refractivity contribution >= 4 is 56.5 Å². The van der Waals surface area contributed by atoms with Crippen molar-refractivity contribution < 1.29 is 23.8 Å². The molecule has 10 heteroatoms. The van der Waals surface area contributed by atoms with Gasteiger partial charge in [-0.05, 0) is 59.5 Å². The molecule has 1 saturated heterocycles. The molecule has 1 amide bonds. The fourth-order valence-electron chi connectivity index (χ4n) is 5.07. The molecule has 1 aromatic heterocycles. The van der Waals surface area contributed by atoms with E-state index in [1.807, 2.05) is 25.1 Å². The van der Waals surface area contributed by atoms with Crippen LogP contribution >= 0.6 is 23.1 Å². The summed E-state index contributed by atoms with van der Waals surface area (Å²) in [6.45, 7) is 3.94. The molecule has 43 heavy (non-hydrogen) atoms. The van der Waals surface area contributed by atoms with Crippen LogP contribution in [0.3, 0.4) is 0 Å². The molecule has 6 rings (SSSR count). The van der Waals surface area contributed by atoms with Gasteiger partial charge in [0, 0.05) is 11.3 Å². The van der Waals surface area contributed by atoms with Crippen molar-refractivity contribution in [1.82, 2.24) is 10.2 Å². The molecule has 0 unspecified atom stereocenters. The minimum Gasteiger partial charge on any atom is -0.507 e. The van der Waals surface area contributed by atoms with Crippen LogP contribution in [-0.2, 0) is 15.3 Å². The number of amides is 1. The van der Waals surface area contributed by atoms with Crippen LogP contribution in [0.1, 0.15) is 35.2 Å². The molecule has 0 radical (unpaired) electrons. The smallest absolute Gasteiger partial charge is 0.301 e. The molecule has 7 nitrogen and oxygen atoms in total. The van der Waals surface area contributed by atoms with Crippen molar-refractivity contribution in [2.24, 2.45) is 0 Å². The summed E-state index contributed by atoms with van der Waals surface area (Å²) in [4.78, 5) is 28.3. The Bertz CT molecular complexity index is 1880. The fraction of sp³-hybridized carbons (Fsp3) is 0.152. The van der Waals surface area contributed by atoms with Gasteiger partial charge in [0.15, 0.2) is 4.34 Å². The SMILES string of the molecule is CCOc1ccc([C@@H]2C(=C(O)c3ccc(C)c(F)c3)C(=O)C(=O)N2c2nnc(SCc3cccc4ccccc34)s2)cc1. The van der Waals surface area contributed by atoms with Gasteiger partial charge in [-0.2, -0.15) is 0 Å². The maximum absolute atomic E-state index is 14.4. The number of thioether (sulfide) groups is 1. The summed E-state index contributed by atoms with van der Waals surface area (Å²) in [5.41, 5.74) is 2.03. The van der Waals surface area contributed by atoms with Gasteiger partial charge < -0.3 is 9.84 Å². The lowest BCUT2D eigenvalue weighted by atomic mass is 9.95. The number of hydrogen-bond donors (Lipinski definition) is 1. The molecule has 2 heterocycles. The molecular formula is C33H26FN3O4S2. The molecule has 0 aliphatic carbocycles. The molecule has 0 saturated carbocycles. The maximum Gasteiger partial charge on any atom is 0.301 e. The number of rotatable bonds is 8. The summed E-state index contributed by atoms with van der Waals surface area (Å²) in [7, 11) is 0. The van der Waals surface area contributed by atoms with E-state index in [9.17, 15) is 19.1 Å². The molecule has 1 atom stereocenters. The zero-order valence-corrected chi connectivity index (χ0v) is 24.9. The first-order valence-corrected chi connectivity index (χ1v) is 15.4. The van der Waals surface area contributed by atoms with E-state index >= 15 is 0 Å². The lowest BCUT2D eigenvalue weighted by molar-refractivity contribution is -0.132. The van der Waals surface area contributed by atoms with Crippen LogP contribution < -0.4 is 9.64 Å². The number of aliphatic hydroxyl groups excluding tert-OH is 1. The highest BCUT2D eigenvalue weighted by molar-refractivity contribution is 8.00. The van der Waals surface area contributed by atoms with E-state index in [1.165, 1.54) is 40.1 Å². The number of nitrogens with zero attached hydrogens (tertiary/aromatic N) is 3. The van der Waals surface area contributed by atoms with Gasteiger partial charge in [0.25, 0.3) is 5.78 Å². The first kappa shape index (κ1) is 28.6. The summed E-state index contributed by atoms with van der Waals surface area (Å²) in [6, 6.07) is 24.4. The number of benzene rings is 4. The maximum atomic E-state index is 14.4. The number of aromatic nitrogens is 2. The van der Waals surface area contributed by atoms with E-state index in [-0.39, 0.29) is 16.3 Å². The number of hydrogen-bond acceptors (Lipinski definition) is 8. The Morgan fingerprint density at radius 2 is 1.79 bits per heavy atom. The third-order valence-corrected chi connectivity index (χ3v) is 9.33. The largest absolute Gasteiger partial charge is 0.507 e. The summed E-state index contributed by atoms with van der Waals surface area (Å²) in [6.07, 6.45) is 0. The minimum absolute atomic E-state index is 0.0978. The second-order valence-corrected chi connectivity index (χ2v) is 12.1. The first-order valence-electron chi connectivity index (χ1n) is 13.6. The number of ether oxygens (including phenoxy) is 1. The minimum atomic E-state index is -1.01. The molecule has 0 bridgehead atoms. The average molecular weight is 612 g/mol. The number of carbonyl (C=O) groups is 2. The van der Waals surface area contributed by atoms with Crippen molar-refractivity contribution in [3.8, 4) is 5.75 Å². The number of aliphatic hydroxyl groups is 1. The van der Waals surface area contributed by atoms with Gasteiger partial charge in [0.2, 0.25) is 5.13 Å². The van der Waals surface area contributed by atoms with E-state index in [4.69, 9.17) is 4.74 Å². The zero-order chi connectivity index (χ0) is 30.1. The summed E-state index contributed by atoms with van der Waals surface area (Å²) in [5, 5.41) is 22.4. The Balaban J connectivity index is 1.37. The Morgan fingerprint density at radius 1 is 1.02 bits per heavy atom. The van der Waals surface area contributed by atoms with E-state index in [0.29, 0.717) is 33.6 Å². The third kappa shape index (κ3) is 5.51. The number of aryl methyl sites for hydroxylation is 1. The van der Waals surface area contributed by atoms with E-state index in [0.717, 1.165) is 22.4 Å². The van der Waals surface area contributed by atoms with Gasteiger partial charge in [-0.3, -0.25) is 14.5 Å². The van der Waals surface area contributed by atoms with Crippen molar-refractivity contribution in [2.45, 2.75) is 30.0 Å². The molecule has 1 aliphatic rings. The lowest BCUT2D eigenvalue weighted by Crippen LogP contribution is -2.29. The number of ketones is 1. The van der Waals surface area contributed by atoms with Crippen LogP contribution in [0, 0.1) is 12.7 Å². The highest BCUT2D eigenvalue weighted by atomic mass is 32.2. The van der Waals surface area contributed by atoms with Gasteiger partial charge in [0.1, 0.15) is 17.3 Å². The molecule has 0 spiro atoms. The fourth-order valence-corrected chi connectivity index (χ4v) is 6.94. The van der Waals surface area contributed by atoms with Crippen LogP contribution in [0.2, 0.25) is 0 Å². The van der Waals surface area contributed by atoms with Crippen molar-refractivity contribution in [1.29, 1.82) is 0 Å². The number of anilines is 1. The van der Waals surface area contributed by atoms with Crippen LogP contribution in [0.5, 0.6) is 5.75 Å². The molecular weight excluding hydrogens is 586 g/mol. The Morgan fingerprint density at radius 3 is 2.56 bits per heavy atom. The molecule has 1 fully saturated rings. The summed E-state index contributed by atoms with van der Waals surface area (Å²) >= 11 is 2.67. The normalized spacial score (nSPS) is 16.3. The molecule has 216 valence electrons. The van der Waals surface area contributed by atoms with E-state index < -0.39 is 29.3 Å². The van der Waals surface area contributed by atoms with Crippen LogP contribution in [0.15, 0.2) is 94.8 Å². The van der Waals surface area contributed by atoms with E-state index in [1.54, 1.807) is 31.2 Å². The standard InChI is InChI=1S/C33H26FN3O4S2/c1-3-41-24-15-13-21(14-16-24)28-27(29(38)22-12-11-19(2)26(34)17-22)30(39)31(40)37(28)32-35-36-33(43-32)42-18-23-9-6-8-20-7-4-5-10-25(20)23/h4-17,28,38H,3,18H2,1-2H3/t28-/m1/s1. The monoisotopic (exact) mass is 611 g/mol. The number of fused-ring (bicyclic) bond motifs is 1. The van der Waals surface area contributed by atoms with Gasteiger partial charge in [-0.25, -0.2) is 4.39 Å². The predicted molar refractivity (Wildman–Crippen MR) is 167 cm³/mol. The van der Waals surface area contributed by atoms with E-state index in [2.05, 4.69) is 34.5 Å². The number of halogens is 1. The second-order valence-electron chi connectivity index (χ2n) is 9.91. The van der Waals surface area contributed by atoms with Crippen LogP contribution in [-0.4, -0.2) is 33.6 Å². The first-order chi connectivity index (χ1) is 20.9. The van der Waals surface area contributed by atoms with Crippen molar-refractivity contribution in [3.05, 3.63) is 119 Å². The van der Waals surface area contributed by atoms with Gasteiger partial charge in [-0.15, -0.1) is 10.2 Å². The summed E-state index contributed by atoms with van der Waals surface area (Å²) in [5.74, 6) is -1.49. The quantitative estimate of drug-likeness (QED) is 0.0640. The average Bonchev–Trinajstić information content (AvgIpc) is 3.59. The topological polar surface area (TPSA) is 92.6 Å². The number of carbonyl (C=O) groups excluding carboxylic acids is 2. The third-order valence-electron chi connectivity index (χ3n) is 7.23. The second kappa shape index (κ2) is 12.0. The highest BCUT2D eigenvalue weighted by Gasteiger charge is 2.48. The van der Waals surface area contributed by atoms with Crippen molar-refractivity contribution in [2.75, 3.05) is 11.5 Å². The number of Topliss-reactive ketones (excluding diaryl/α,β-unsaturated/α-hetero) is 1. The van der Waals surface area contributed by atoms with Crippen molar-refractivity contribution in [3.63, 3.8) is 0 Å².